The third-order valence-electron chi connectivity index (χ3n) is 9.22. The number of fused-ring (bicyclic) bond motifs is 3. The van der Waals surface area contributed by atoms with Crippen molar-refractivity contribution >= 4 is 33.2 Å². The number of rotatable bonds is 4. The first-order valence-electron chi connectivity index (χ1n) is 15.2. The van der Waals surface area contributed by atoms with Crippen molar-refractivity contribution in [2.75, 3.05) is 0 Å². The molecular weight excluding hydrogens is 520 g/mol. The first-order chi connectivity index (χ1) is 21.2. The van der Waals surface area contributed by atoms with Crippen LogP contribution in [0.3, 0.4) is 0 Å². The lowest BCUT2D eigenvalue weighted by molar-refractivity contribution is 0.686. The maximum Gasteiger partial charge on any atom is 0.0677 e. The average Bonchev–Trinajstić information content (AvgIpc) is 3.07. The predicted octanol–water partition coefficient (Wildman–Crippen LogP) is 7.94. The quantitative estimate of drug-likeness (QED) is 0.222. The largest absolute Gasteiger partial charge is 0.260 e. The topological polar surface area (TPSA) is 25.2 Å². The first-order valence-corrected chi connectivity index (χ1v) is 15.2. The third-order valence-corrected chi connectivity index (χ3v) is 9.22. The lowest BCUT2D eigenvalue weighted by atomic mass is 9.69. The molecule has 8 rings (SSSR count). The van der Waals surface area contributed by atoms with Crippen molar-refractivity contribution in [3.63, 3.8) is 0 Å². The second-order valence-corrected chi connectivity index (χ2v) is 11.7. The molecule has 0 spiro atoms. The van der Waals surface area contributed by atoms with Crippen LogP contribution in [0.25, 0.3) is 27.5 Å². The highest BCUT2D eigenvalue weighted by Crippen LogP contribution is 2.41. The molecule has 1 aromatic heterocycles. The number of aryl methyl sites for hydroxylation is 1. The number of aromatic nitrogens is 1. The lowest BCUT2D eigenvalue weighted by Crippen LogP contribution is -2.40. The molecule has 0 saturated heterocycles. The summed E-state index contributed by atoms with van der Waals surface area (Å²) in [5.41, 5.74) is 11.3. The van der Waals surface area contributed by atoms with E-state index < -0.39 is 0 Å². The van der Waals surface area contributed by atoms with E-state index >= 15 is 0 Å². The molecular formula is C41H32N2. The van der Waals surface area contributed by atoms with E-state index in [1.54, 1.807) is 0 Å². The summed E-state index contributed by atoms with van der Waals surface area (Å²) in [4.78, 5) is 9.41. The van der Waals surface area contributed by atoms with Gasteiger partial charge in [0.25, 0.3) is 0 Å². The molecule has 0 amide bonds. The van der Waals surface area contributed by atoms with Gasteiger partial charge >= 0.3 is 0 Å². The van der Waals surface area contributed by atoms with E-state index in [1.807, 2.05) is 24.5 Å². The molecule has 0 bridgehead atoms. The van der Waals surface area contributed by atoms with Crippen LogP contribution >= 0.6 is 0 Å². The Morgan fingerprint density at radius 2 is 1.35 bits per heavy atom. The number of aliphatic imine (C=N–C) groups is 1. The molecule has 3 aliphatic rings. The molecule has 0 fully saturated rings. The molecule has 43 heavy (non-hydrogen) atoms. The predicted molar refractivity (Wildman–Crippen MR) is 179 cm³/mol. The van der Waals surface area contributed by atoms with Gasteiger partial charge in [-0.05, 0) is 104 Å². The van der Waals surface area contributed by atoms with Crippen LogP contribution in [0.4, 0.5) is 0 Å². The van der Waals surface area contributed by atoms with Crippen molar-refractivity contribution < 1.29 is 0 Å². The molecule has 2 unspecified atom stereocenters. The summed E-state index contributed by atoms with van der Waals surface area (Å²) in [5.74, 6) is 0.537. The van der Waals surface area contributed by atoms with Crippen molar-refractivity contribution in [3.05, 3.63) is 178 Å². The van der Waals surface area contributed by atoms with Crippen LogP contribution < -0.4 is 10.4 Å². The molecule has 0 radical (unpaired) electrons. The fourth-order valence-corrected chi connectivity index (χ4v) is 7.15. The summed E-state index contributed by atoms with van der Waals surface area (Å²) >= 11 is 0. The van der Waals surface area contributed by atoms with Crippen LogP contribution in [0, 0.1) is 18.8 Å². The summed E-state index contributed by atoms with van der Waals surface area (Å²) in [7, 11) is 0. The Balaban J connectivity index is 1.27. The first kappa shape index (κ1) is 25.6. The lowest BCUT2D eigenvalue weighted by Gasteiger charge is -2.34. The molecule has 0 saturated carbocycles. The Morgan fingerprint density at radius 1 is 0.628 bits per heavy atom. The summed E-state index contributed by atoms with van der Waals surface area (Å²) in [6.07, 6.45) is 15.0. The van der Waals surface area contributed by atoms with Crippen LogP contribution in [0.15, 0.2) is 145 Å². The van der Waals surface area contributed by atoms with Gasteiger partial charge in [0.1, 0.15) is 0 Å². The number of nitrogens with zero attached hydrogens (tertiary/aromatic N) is 2. The van der Waals surface area contributed by atoms with Gasteiger partial charge < -0.3 is 0 Å². The number of benzene rings is 4. The van der Waals surface area contributed by atoms with Crippen molar-refractivity contribution in [3.8, 4) is 0 Å². The normalized spacial score (nSPS) is 19.1. The van der Waals surface area contributed by atoms with E-state index in [-0.39, 0.29) is 11.8 Å². The van der Waals surface area contributed by atoms with E-state index in [4.69, 9.17) is 4.99 Å². The van der Waals surface area contributed by atoms with Gasteiger partial charge in [0.15, 0.2) is 0 Å². The SMILES string of the molecule is Cc1cc(C2=NC=C(c3ccccn3)CC2)ccc1C1=c2ccccc2=C(c2ccc3ccccc3c2)C2C=CC=CC12. The highest BCUT2D eigenvalue weighted by atomic mass is 14.7. The molecule has 2 aliphatic carbocycles. The monoisotopic (exact) mass is 552 g/mol. The van der Waals surface area contributed by atoms with E-state index in [9.17, 15) is 0 Å². The van der Waals surface area contributed by atoms with Gasteiger partial charge in [0, 0.05) is 29.9 Å². The Hall–Kier alpha value is -5.08. The van der Waals surface area contributed by atoms with Crippen LogP contribution in [-0.4, -0.2) is 10.7 Å². The Bertz CT molecular complexity index is 2140. The minimum absolute atomic E-state index is 0.266. The van der Waals surface area contributed by atoms with Crippen LogP contribution in [0.2, 0.25) is 0 Å². The molecule has 0 N–H and O–H groups in total. The van der Waals surface area contributed by atoms with Gasteiger partial charge in [-0.15, -0.1) is 0 Å². The molecule has 2 heteroatoms. The molecule has 4 aromatic carbocycles. The van der Waals surface area contributed by atoms with Crippen LogP contribution in [0.1, 0.15) is 40.8 Å². The zero-order valence-corrected chi connectivity index (χ0v) is 24.2. The number of pyridine rings is 1. The maximum atomic E-state index is 4.89. The zero-order valence-electron chi connectivity index (χ0n) is 24.2. The smallest absolute Gasteiger partial charge is 0.0677 e. The summed E-state index contributed by atoms with van der Waals surface area (Å²) in [6, 6.07) is 37.6. The fraction of sp³-hybridized carbons (Fsp3) is 0.122. The molecule has 1 aliphatic heterocycles. The van der Waals surface area contributed by atoms with E-state index in [0.717, 1.165) is 24.2 Å². The summed E-state index contributed by atoms with van der Waals surface area (Å²) in [6.45, 7) is 2.26. The standard InChI is InChI=1S/C41H32N2/c1-27-24-30(39-22-20-32(26-43-39)38-16-8-9-23-42-38)19-21-33(27)41-36-14-6-4-12-34(36)40(35-13-5-7-15-37(35)41)31-18-17-28-10-2-3-11-29(28)25-31/h2-19,21,23-26,34,36H,20,22H2,1H3. The van der Waals surface area contributed by atoms with Gasteiger partial charge in [-0.25, -0.2) is 0 Å². The number of allylic oxidation sites excluding steroid dienone is 5. The molecule has 2 heterocycles. The van der Waals surface area contributed by atoms with E-state index in [2.05, 4.69) is 127 Å². The van der Waals surface area contributed by atoms with E-state index in [0.29, 0.717) is 0 Å². The van der Waals surface area contributed by atoms with E-state index in [1.165, 1.54) is 60.2 Å². The van der Waals surface area contributed by atoms with Crippen molar-refractivity contribution in [2.45, 2.75) is 19.8 Å². The second-order valence-electron chi connectivity index (χ2n) is 11.7. The molecule has 2 atom stereocenters. The minimum Gasteiger partial charge on any atom is -0.260 e. The summed E-state index contributed by atoms with van der Waals surface area (Å²) in [5, 5.41) is 5.23. The Labute approximate surface area is 252 Å². The molecule has 2 nitrogen and oxygen atoms in total. The van der Waals surface area contributed by atoms with Gasteiger partial charge in [0.2, 0.25) is 0 Å². The van der Waals surface area contributed by atoms with Gasteiger partial charge in [-0.3, -0.25) is 9.98 Å². The van der Waals surface area contributed by atoms with Gasteiger partial charge in [-0.1, -0.05) is 103 Å². The van der Waals surface area contributed by atoms with Crippen molar-refractivity contribution in [1.29, 1.82) is 0 Å². The van der Waals surface area contributed by atoms with Crippen LogP contribution in [-0.2, 0) is 0 Å². The second kappa shape index (κ2) is 10.6. The van der Waals surface area contributed by atoms with Crippen molar-refractivity contribution in [2.24, 2.45) is 16.8 Å². The molecule has 5 aromatic rings. The third kappa shape index (κ3) is 4.51. The molecule has 206 valence electrons. The summed E-state index contributed by atoms with van der Waals surface area (Å²) < 4.78 is 0. The van der Waals surface area contributed by atoms with Crippen molar-refractivity contribution in [1.82, 2.24) is 4.98 Å². The fourth-order valence-electron chi connectivity index (χ4n) is 7.15. The maximum absolute atomic E-state index is 4.89. The zero-order chi connectivity index (χ0) is 28.8. The average molecular weight is 553 g/mol. The van der Waals surface area contributed by atoms with Crippen LogP contribution in [0.5, 0.6) is 0 Å². The highest BCUT2D eigenvalue weighted by molar-refractivity contribution is 6.03. The Morgan fingerprint density at radius 3 is 2.09 bits per heavy atom. The van der Waals surface area contributed by atoms with Gasteiger partial charge in [-0.2, -0.15) is 0 Å². The number of hydrogen-bond acceptors (Lipinski definition) is 2. The van der Waals surface area contributed by atoms with Gasteiger partial charge in [0.05, 0.1) is 5.69 Å². The Kier molecular flexibility index (Phi) is 6.34. The highest BCUT2D eigenvalue weighted by Gasteiger charge is 2.32. The minimum atomic E-state index is 0.266. The number of hydrogen-bond donors (Lipinski definition) is 0.